The van der Waals surface area contributed by atoms with E-state index in [4.69, 9.17) is 14.6 Å². The molecule has 0 atom stereocenters. The minimum atomic E-state index is -4.23. The van der Waals surface area contributed by atoms with Gasteiger partial charge < -0.3 is 19.7 Å². The van der Waals surface area contributed by atoms with Gasteiger partial charge in [0.25, 0.3) is 0 Å². The zero-order valence-corrected chi connectivity index (χ0v) is 12.9. The standard InChI is InChI=1S/C14H17F2NO6/c1-13(2,3)23-12(21)17-8-5-7(14(15,16)11(19)20)6-9(22-4)10(8)18/h5-6,18H,1-4H3,(H,17,21)(H,19,20). The summed E-state index contributed by atoms with van der Waals surface area (Å²) in [6.07, 6.45) is -1.01. The molecule has 1 rings (SSSR count). The van der Waals surface area contributed by atoms with Crippen LogP contribution in [0.5, 0.6) is 11.5 Å². The van der Waals surface area contributed by atoms with Gasteiger partial charge in [0.2, 0.25) is 0 Å². The zero-order chi connectivity index (χ0) is 18.0. The number of anilines is 1. The third-order valence-corrected chi connectivity index (χ3v) is 2.56. The zero-order valence-electron chi connectivity index (χ0n) is 12.9. The van der Waals surface area contributed by atoms with Gasteiger partial charge in [-0.2, -0.15) is 8.78 Å². The lowest BCUT2D eigenvalue weighted by atomic mass is 10.1. The molecule has 0 aliphatic rings. The van der Waals surface area contributed by atoms with Gasteiger partial charge in [0.15, 0.2) is 11.5 Å². The van der Waals surface area contributed by atoms with Gasteiger partial charge >= 0.3 is 18.0 Å². The number of phenols is 1. The van der Waals surface area contributed by atoms with Gasteiger partial charge in [-0.1, -0.05) is 0 Å². The van der Waals surface area contributed by atoms with Crippen molar-refractivity contribution in [2.24, 2.45) is 0 Å². The predicted molar refractivity (Wildman–Crippen MR) is 76.0 cm³/mol. The number of benzene rings is 1. The normalized spacial score (nSPS) is 11.7. The molecule has 3 N–H and O–H groups in total. The van der Waals surface area contributed by atoms with Crippen molar-refractivity contribution >= 4 is 17.7 Å². The molecule has 0 saturated carbocycles. The van der Waals surface area contributed by atoms with Gasteiger partial charge in [0.05, 0.1) is 12.8 Å². The number of carboxylic acid groups (broad SMARTS) is 1. The largest absolute Gasteiger partial charge is 0.503 e. The van der Waals surface area contributed by atoms with Crippen molar-refractivity contribution in [1.29, 1.82) is 0 Å². The van der Waals surface area contributed by atoms with E-state index in [1.807, 2.05) is 0 Å². The first kappa shape index (κ1) is 18.5. The number of ether oxygens (including phenoxy) is 2. The first-order valence-corrected chi connectivity index (χ1v) is 6.41. The molecule has 1 aromatic carbocycles. The van der Waals surface area contributed by atoms with Crippen LogP contribution in [0, 0.1) is 0 Å². The number of halogens is 2. The van der Waals surface area contributed by atoms with E-state index < -0.39 is 46.3 Å². The third kappa shape index (κ3) is 4.44. The lowest BCUT2D eigenvalue weighted by Gasteiger charge is -2.21. The Morgan fingerprint density at radius 2 is 1.78 bits per heavy atom. The first-order chi connectivity index (χ1) is 10.4. The van der Waals surface area contributed by atoms with E-state index in [-0.39, 0.29) is 0 Å². The number of aromatic hydroxyl groups is 1. The number of rotatable bonds is 4. The predicted octanol–water partition coefficient (Wildman–Crippen LogP) is 2.92. The van der Waals surface area contributed by atoms with E-state index in [0.29, 0.717) is 12.1 Å². The fraction of sp³-hybridized carbons (Fsp3) is 0.429. The second-order valence-corrected chi connectivity index (χ2v) is 5.58. The summed E-state index contributed by atoms with van der Waals surface area (Å²) in [6, 6.07) is 1.31. The second kappa shape index (κ2) is 6.27. The summed E-state index contributed by atoms with van der Waals surface area (Å²) in [7, 11) is 1.09. The van der Waals surface area contributed by atoms with Crippen LogP contribution in [0.3, 0.4) is 0 Å². The molecule has 9 heteroatoms. The van der Waals surface area contributed by atoms with Gasteiger partial charge in [0, 0.05) is 5.56 Å². The van der Waals surface area contributed by atoms with Gasteiger partial charge in [-0.25, -0.2) is 9.59 Å². The monoisotopic (exact) mass is 333 g/mol. The van der Waals surface area contributed by atoms with Crippen molar-refractivity contribution in [3.63, 3.8) is 0 Å². The molecule has 0 aromatic heterocycles. The van der Waals surface area contributed by atoms with Crippen molar-refractivity contribution in [2.45, 2.75) is 32.3 Å². The Balaban J connectivity index is 3.27. The van der Waals surface area contributed by atoms with Crippen LogP contribution in [-0.4, -0.2) is 35.0 Å². The Kier molecular flexibility index (Phi) is 5.03. The molecule has 0 unspecified atom stereocenters. The van der Waals surface area contributed by atoms with Gasteiger partial charge in [-0.3, -0.25) is 5.32 Å². The number of carbonyl (C=O) groups is 2. The van der Waals surface area contributed by atoms with Crippen LogP contribution < -0.4 is 10.1 Å². The molecule has 0 bridgehead atoms. The molecule has 0 spiro atoms. The highest BCUT2D eigenvalue weighted by atomic mass is 19.3. The molecular weight excluding hydrogens is 316 g/mol. The average Bonchev–Trinajstić information content (AvgIpc) is 2.38. The summed E-state index contributed by atoms with van der Waals surface area (Å²) in [5, 5.41) is 20.5. The van der Waals surface area contributed by atoms with Crippen LogP contribution in [0.1, 0.15) is 26.3 Å². The van der Waals surface area contributed by atoms with Crippen molar-refractivity contribution in [2.75, 3.05) is 12.4 Å². The lowest BCUT2D eigenvalue weighted by Crippen LogP contribution is -2.28. The smallest absolute Gasteiger partial charge is 0.412 e. The van der Waals surface area contributed by atoms with E-state index in [9.17, 15) is 23.5 Å². The van der Waals surface area contributed by atoms with E-state index in [1.54, 1.807) is 20.8 Å². The third-order valence-electron chi connectivity index (χ3n) is 2.56. The molecule has 1 amide bonds. The fourth-order valence-corrected chi connectivity index (χ4v) is 1.58. The van der Waals surface area contributed by atoms with Crippen molar-refractivity contribution in [3.05, 3.63) is 17.7 Å². The Morgan fingerprint density at radius 1 is 1.22 bits per heavy atom. The lowest BCUT2D eigenvalue weighted by molar-refractivity contribution is -0.166. The minimum Gasteiger partial charge on any atom is -0.503 e. The molecule has 0 fully saturated rings. The van der Waals surface area contributed by atoms with Crippen LogP contribution in [0.15, 0.2) is 12.1 Å². The Bertz CT molecular complexity index is 624. The first-order valence-electron chi connectivity index (χ1n) is 6.41. The average molecular weight is 333 g/mol. The molecule has 0 aliphatic carbocycles. The van der Waals surface area contributed by atoms with Crippen LogP contribution in [0.25, 0.3) is 0 Å². The number of phenolic OH excluding ortho intramolecular Hbond substituents is 1. The molecule has 0 radical (unpaired) electrons. The molecule has 0 saturated heterocycles. The number of amides is 1. The Morgan fingerprint density at radius 3 is 2.22 bits per heavy atom. The number of alkyl halides is 2. The second-order valence-electron chi connectivity index (χ2n) is 5.58. The van der Waals surface area contributed by atoms with E-state index in [1.165, 1.54) is 0 Å². The minimum absolute atomic E-state index is 0.422. The number of carbonyl (C=O) groups excluding carboxylic acids is 1. The van der Waals surface area contributed by atoms with Gasteiger partial charge in [-0.15, -0.1) is 0 Å². The van der Waals surface area contributed by atoms with E-state index in [0.717, 1.165) is 7.11 Å². The van der Waals surface area contributed by atoms with Crippen LogP contribution in [0.4, 0.5) is 19.3 Å². The molecular formula is C14H17F2NO6. The number of hydrogen-bond acceptors (Lipinski definition) is 5. The fourth-order valence-electron chi connectivity index (χ4n) is 1.58. The summed E-state index contributed by atoms with van der Waals surface area (Å²) >= 11 is 0. The highest BCUT2D eigenvalue weighted by Crippen LogP contribution is 2.40. The number of aliphatic carboxylic acids is 1. The number of nitrogens with one attached hydrogen (secondary N) is 1. The molecule has 128 valence electrons. The summed E-state index contributed by atoms with van der Waals surface area (Å²) in [5.41, 5.74) is -2.29. The summed E-state index contributed by atoms with van der Waals surface area (Å²) in [4.78, 5) is 22.3. The molecule has 0 heterocycles. The van der Waals surface area contributed by atoms with Crippen LogP contribution in [0.2, 0.25) is 0 Å². The number of methoxy groups -OCH3 is 1. The molecule has 23 heavy (non-hydrogen) atoms. The SMILES string of the molecule is COc1cc(C(F)(F)C(=O)O)cc(NC(=O)OC(C)(C)C)c1O. The maximum absolute atomic E-state index is 13.6. The summed E-state index contributed by atoms with van der Waals surface area (Å²) < 4.78 is 36.9. The Labute approximate surface area is 130 Å². The van der Waals surface area contributed by atoms with Crippen molar-refractivity contribution < 1.29 is 38.1 Å². The highest BCUT2D eigenvalue weighted by Gasteiger charge is 2.42. The van der Waals surface area contributed by atoms with E-state index in [2.05, 4.69) is 5.32 Å². The Hall–Kier alpha value is -2.58. The molecule has 7 nitrogen and oxygen atoms in total. The van der Waals surface area contributed by atoms with E-state index >= 15 is 0 Å². The van der Waals surface area contributed by atoms with Gasteiger partial charge in [-0.05, 0) is 32.9 Å². The van der Waals surface area contributed by atoms with Crippen LogP contribution in [-0.2, 0) is 15.5 Å². The highest BCUT2D eigenvalue weighted by molar-refractivity contribution is 5.89. The number of hydrogen-bond donors (Lipinski definition) is 3. The maximum atomic E-state index is 13.6. The summed E-state index contributed by atoms with van der Waals surface area (Å²) in [6.45, 7) is 4.76. The van der Waals surface area contributed by atoms with Crippen LogP contribution >= 0.6 is 0 Å². The topological polar surface area (TPSA) is 105 Å². The maximum Gasteiger partial charge on any atom is 0.412 e. The van der Waals surface area contributed by atoms with Crippen molar-refractivity contribution in [1.82, 2.24) is 0 Å². The molecule has 0 aliphatic heterocycles. The summed E-state index contributed by atoms with van der Waals surface area (Å²) in [5.74, 6) is -7.67. The van der Waals surface area contributed by atoms with Gasteiger partial charge in [0.1, 0.15) is 5.60 Å². The number of carboxylic acids is 1. The molecule has 1 aromatic rings. The van der Waals surface area contributed by atoms with Crippen molar-refractivity contribution in [3.8, 4) is 11.5 Å². The quantitative estimate of drug-likeness (QED) is 0.732.